The quantitative estimate of drug-likeness (QED) is 0.875. The van der Waals surface area contributed by atoms with Crippen molar-refractivity contribution in [3.8, 4) is 0 Å². The van der Waals surface area contributed by atoms with Gasteiger partial charge in [-0.05, 0) is 42.0 Å². The maximum Gasteiger partial charge on any atom is 0.323 e. The molecule has 2 aromatic carbocycles. The van der Waals surface area contributed by atoms with Crippen LogP contribution in [0, 0.1) is 0 Å². The minimum atomic E-state index is -0.864. The first-order valence-corrected chi connectivity index (χ1v) is 7.18. The number of anilines is 1. The maximum absolute atomic E-state index is 11.0. The molecule has 0 aliphatic rings. The lowest BCUT2D eigenvalue weighted by Gasteiger charge is -2.23. The van der Waals surface area contributed by atoms with Gasteiger partial charge in [-0.15, -0.1) is 0 Å². The SMILES string of the molecule is O=C(O)CN(Cc1ccc(Br)cc1)c1ccc(Cl)cc1. The Kier molecular flexibility index (Phi) is 5.04. The standard InChI is InChI=1S/C15H13BrClNO2/c16-12-3-1-11(2-4-12)9-18(10-15(19)20)14-7-5-13(17)6-8-14/h1-8H,9-10H2,(H,19,20). The third-order valence-corrected chi connectivity index (χ3v) is 3.59. The second kappa shape index (κ2) is 6.77. The van der Waals surface area contributed by atoms with Crippen molar-refractivity contribution in [1.29, 1.82) is 0 Å². The molecule has 5 heteroatoms. The summed E-state index contributed by atoms with van der Waals surface area (Å²) in [7, 11) is 0. The van der Waals surface area contributed by atoms with E-state index in [1.165, 1.54) is 0 Å². The van der Waals surface area contributed by atoms with E-state index in [1.807, 2.05) is 36.4 Å². The van der Waals surface area contributed by atoms with Gasteiger partial charge in [0.1, 0.15) is 6.54 Å². The van der Waals surface area contributed by atoms with E-state index in [1.54, 1.807) is 17.0 Å². The van der Waals surface area contributed by atoms with E-state index in [-0.39, 0.29) is 6.54 Å². The van der Waals surface area contributed by atoms with Gasteiger partial charge in [-0.3, -0.25) is 4.79 Å². The minimum Gasteiger partial charge on any atom is -0.480 e. The molecule has 0 aromatic heterocycles. The van der Waals surface area contributed by atoms with E-state index >= 15 is 0 Å². The highest BCUT2D eigenvalue weighted by molar-refractivity contribution is 9.10. The monoisotopic (exact) mass is 353 g/mol. The highest BCUT2D eigenvalue weighted by Gasteiger charge is 2.11. The van der Waals surface area contributed by atoms with Gasteiger partial charge in [0.05, 0.1) is 0 Å². The fourth-order valence-electron chi connectivity index (χ4n) is 1.86. The van der Waals surface area contributed by atoms with Crippen molar-refractivity contribution in [3.05, 3.63) is 63.6 Å². The lowest BCUT2D eigenvalue weighted by Crippen LogP contribution is -2.29. The molecule has 2 aromatic rings. The molecule has 0 atom stereocenters. The molecule has 104 valence electrons. The number of carbonyl (C=O) groups is 1. The summed E-state index contributed by atoms with van der Waals surface area (Å²) >= 11 is 9.24. The van der Waals surface area contributed by atoms with Crippen LogP contribution >= 0.6 is 27.5 Å². The Morgan fingerprint density at radius 2 is 1.70 bits per heavy atom. The highest BCUT2D eigenvalue weighted by Crippen LogP contribution is 2.20. The summed E-state index contributed by atoms with van der Waals surface area (Å²) in [6, 6.07) is 15.0. The van der Waals surface area contributed by atoms with Gasteiger partial charge in [0.15, 0.2) is 0 Å². The lowest BCUT2D eigenvalue weighted by molar-refractivity contribution is -0.135. The summed E-state index contributed by atoms with van der Waals surface area (Å²) in [6.07, 6.45) is 0. The van der Waals surface area contributed by atoms with Crippen molar-refractivity contribution in [2.75, 3.05) is 11.4 Å². The molecule has 1 N–H and O–H groups in total. The number of benzene rings is 2. The first-order chi connectivity index (χ1) is 9.54. The van der Waals surface area contributed by atoms with E-state index in [9.17, 15) is 4.79 Å². The van der Waals surface area contributed by atoms with Crippen molar-refractivity contribution in [2.45, 2.75) is 6.54 Å². The van der Waals surface area contributed by atoms with Crippen molar-refractivity contribution in [3.63, 3.8) is 0 Å². The average Bonchev–Trinajstić information content (AvgIpc) is 2.41. The second-order valence-corrected chi connectivity index (χ2v) is 5.70. The van der Waals surface area contributed by atoms with Gasteiger partial charge in [-0.25, -0.2) is 0 Å². The molecule has 0 fully saturated rings. The number of aliphatic carboxylic acids is 1. The number of rotatable bonds is 5. The van der Waals surface area contributed by atoms with Gasteiger partial charge in [0.25, 0.3) is 0 Å². The number of hydrogen-bond acceptors (Lipinski definition) is 2. The number of carboxylic acid groups (broad SMARTS) is 1. The number of carboxylic acids is 1. The predicted molar refractivity (Wildman–Crippen MR) is 84.3 cm³/mol. The Hall–Kier alpha value is -1.52. The number of halogens is 2. The summed E-state index contributed by atoms with van der Waals surface area (Å²) in [6.45, 7) is 0.471. The molecule has 0 spiro atoms. The van der Waals surface area contributed by atoms with Gasteiger partial charge in [0, 0.05) is 21.7 Å². The summed E-state index contributed by atoms with van der Waals surface area (Å²) in [4.78, 5) is 12.8. The van der Waals surface area contributed by atoms with Crippen LogP contribution < -0.4 is 4.90 Å². The molecule has 0 amide bonds. The molecule has 0 aliphatic heterocycles. The van der Waals surface area contributed by atoms with Crippen LogP contribution in [0.2, 0.25) is 5.02 Å². The molecule has 0 saturated heterocycles. The van der Waals surface area contributed by atoms with Gasteiger partial charge >= 0.3 is 5.97 Å². The fraction of sp³-hybridized carbons (Fsp3) is 0.133. The molecule has 0 aliphatic carbocycles. The Morgan fingerprint density at radius 1 is 1.10 bits per heavy atom. The molecule has 0 saturated carbocycles. The van der Waals surface area contributed by atoms with E-state index in [4.69, 9.17) is 16.7 Å². The maximum atomic E-state index is 11.0. The van der Waals surface area contributed by atoms with Gasteiger partial charge in [0.2, 0.25) is 0 Å². The molecule has 0 bridgehead atoms. The predicted octanol–water partition coefficient (Wildman–Crippen LogP) is 4.19. The van der Waals surface area contributed by atoms with Gasteiger partial charge in [-0.2, -0.15) is 0 Å². The van der Waals surface area contributed by atoms with E-state index < -0.39 is 5.97 Å². The van der Waals surface area contributed by atoms with Crippen LogP contribution in [0.4, 0.5) is 5.69 Å². The first kappa shape index (κ1) is 14.9. The molecule has 0 heterocycles. The van der Waals surface area contributed by atoms with Crippen molar-refractivity contribution in [2.24, 2.45) is 0 Å². The van der Waals surface area contributed by atoms with Crippen molar-refractivity contribution < 1.29 is 9.90 Å². The molecule has 2 rings (SSSR count). The summed E-state index contributed by atoms with van der Waals surface area (Å²) < 4.78 is 0.998. The molecule has 3 nitrogen and oxygen atoms in total. The Balaban J connectivity index is 2.21. The zero-order valence-corrected chi connectivity index (χ0v) is 12.9. The second-order valence-electron chi connectivity index (χ2n) is 4.35. The number of hydrogen-bond donors (Lipinski definition) is 1. The van der Waals surface area contributed by atoms with Crippen molar-refractivity contribution in [1.82, 2.24) is 0 Å². The zero-order valence-electron chi connectivity index (χ0n) is 10.6. The largest absolute Gasteiger partial charge is 0.480 e. The Labute approximate surface area is 130 Å². The van der Waals surface area contributed by atoms with Crippen LogP contribution in [0.15, 0.2) is 53.0 Å². The topological polar surface area (TPSA) is 40.5 Å². The van der Waals surface area contributed by atoms with Gasteiger partial charge < -0.3 is 10.0 Å². The molecule has 0 radical (unpaired) electrons. The molecular weight excluding hydrogens is 342 g/mol. The fourth-order valence-corrected chi connectivity index (χ4v) is 2.25. The van der Waals surface area contributed by atoms with Gasteiger partial charge in [-0.1, -0.05) is 39.7 Å². The molecule has 20 heavy (non-hydrogen) atoms. The van der Waals surface area contributed by atoms with E-state index in [2.05, 4.69) is 15.9 Å². The first-order valence-electron chi connectivity index (χ1n) is 6.01. The summed E-state index contributed by atoms with van der Waals surface area (Å²) in [5, 5.41) is 9.68. The summed E-state index contributed by atoms with van der Waals surface area (Å²) in [5.41, 5.74) is 1.88. The van der Waals surface area contributed by atoms with Crippen LogP contribution in [-0.2, 0) is 11.3 Å². The van der Waals surface area contributed by atoms with Crippen molar-refractivity contribution >= 4 is 39.2 Å². The Bertz CT molecular complexity index is 584. The average molecular weight is 355 g/mol. The van der Waals surface area contributed by atoms with E-state index in [0.29, 0.717) is 11.6 Å². The minimum absolute atomic E-state index is 0.0578. The lowest BCUT2D eigenvalue weighted by atomic mass is 10.2. The molecular formula is C15H13BrClNO2. The molecule has 0 unspecified atom stereocenters. The van der Waals surface area contributed by atoms with Crippen LogP contribution in [0.3, 0.4) is 0 Å². The Morgan fingerprint density at radius 3 is 2.25 bits per heavy atom. The summed E-state index contributed by atoms with van der Waals surface area (Å²) in [5.74, 6) is -0.864. The third-order valence-electron chi connectivity index (χ3n) is 2.80. The van der Waals surface area contributed by atoms with E-state index in [0.717, 1.165) is 15.7 Å². The highest BCUT2D eigenvalue weighted by atomic mass is 79.9. The van der Waals surface area contributed by atoms with Crippen LogP contribution in [0.5, 0.6) is 0 Å². The zero-order chi connectivity index (χ0) is 14.5. The number of nitrogens with zero attached hydrogens (tertiary/aromatic N) is 1. The van der Waals surface area contributed by atoms with Crippen LogP contribution in [0.1, 0.15) is 5.56 Å². The smallest absolute Gasteiger partial charge is 0.323 e. The van der Waals surface area contributed by atoms with Crippen LogP contribution in [0.25, 0.3) is 0 Å². The van der Waals surface area contributed by atoms with Crippen LogP contribution in [-0.4, -0.2) is 17.6 Å². The normalized spacial score (nSPS) is 10.3. The third kappa shape index (κ3) is 4.25.